The summed E-state index contributed by atoms with van der Waals surface area (Å²) in [7, 11) is 0. The van der Waals surface area contributed by atoms with E-state index in [9.17, 15) is 9.90 Å². The summed E-state index contributed by atoms with van der Waals surface area (Å²) in [5, 5.41) is 14.4. The number of anilines is 1. The number of ether oxygens (including phenoxy) is 2. The van der Waals surface area contributed by atoms with Gasteiger partial charge in [0.2, 0.25) is 5.69 Å². The van der Waals surface area contributed by atoms with Crippen molar-refractivity contribution < 1.29 is 24.0 Å². The van der Waals surface area contributed by atoms with Crippen molar-refractivity contribution >= 4 is 22.9 Å². The number of hydrogen-bond donors (Lipinski definition) is 0. The molecule has 0 amide bonds. The lowest BCUT2D eigenvalue weighted by Gasteiger charge is -2.33. The van der Waals surface area contributed by atoms with Gasteiger partial charge in [-0.1, -0.05) is 220 Å². The Bertz CT molecular complexity index is 3460. The van der Waals surface area contributed by atoms with E-state index >= 15 is 0 Å². The Balaban J connectivity index is 0.789. The molecule has 0 spiro atoms. The van der Waals surface area contributed by atoms with Crippen molar-refractivity contribution in [1.29, 1.82) is 0 Å². The zero-order valence-corrected chi connectivity index (χ0v) is 54.3. The molecule has 0 aromatic heterocycles. The molecule has 87 heavy (non-hydrogen) atoms. The average Bonchev–Trinajstić information content (AvgIpc) is 2.66. The van der Waals surface area contributed by atoms with Crippen LogP contribution in [-0.2, 0) is 21.0 Å². The van der Waals surface area contributed by atoms with Crippen LogP contribution >= 0.6 is 0 Å². The summed E-state index contributed by atoms with van der Waals surface area (Å²) in [6, 6.07) is 48.6. The monoisotopic (exact) mass is 1160 g/mol. The van der Waals surface area contributed by atoms with Crippen LogP contribution in [0.4, 0.5) is 11.4 Å². The van der Waals surface area contributed by atoms with Gasteiger partial charge in [0, 0.05) is 64.0 Å². The fourth-order valence-corrected chi connectivity index (χ4v) is 14.9. The Morgan fingerprint density at radius 2 is 1.09 bits per heavy atom. The van der Waals surface area contributed by atoms with Crippen molar-refractivity contribution in [3.63, 3.8) is 0 Å². The smallest absolute Gasteiger partial charge is 0.209 e. The number of nitrogens with zero attached hydrogens (tertiary/aromatic N) is 2. The molecule has 458 valence electrons. The van der Waals surface area contributed by atoms with E-state index in [4.69, 9.17) is 9.47 Å². The summed E-state index contributed by atoms with van der Waals surface area (Å²) in [6.45, 7) is 21.0. The second-order valence-electron chi connectivity index (χ2n) is 26.9. The Labute approximate surface area is 523 Å². The van der Waals surface area contributed by atoms with E-state index in [1.54, 1.807) is 11.1 Å². The molecule has 0 N–H and O–H groups in total. The lowest BCUT2D eigenvalue weighted by atomic mass is 9.70. The summed E-state index contributed by atoms with van der Waals surface area (Å²) in [6.07, 6.45) is 30.2. The first kappa shape index (κ1) is 63.1. The van der Waals surface area contributed by atoms with E-state index in [2.05, 4.69) is 168 Å². The maximum Gasteiger partial charge on any atom is 0.209 e. The minimum atomic E-state index is -0.382. The minimum absolute atomic E-state index is 0.0391. The molecule has 6 heteroatoms. The van der Waals surface area contributed by atoms with Crippen molar-refractivity contribution in [3.05, 3.63) is 202 Å². The number of carbonyl (C=O) groups excluding carboxylic acids is 1. The second kappa shape index (κ2) is 28.9. The van der Waals surface area contributed by atoms with Gasteiger partial charge >= 0.3 is 0 Å². The predicted octanol–water partition coefficient (Wildman–Crippen LogP) is 20.2. The highest BCUT2D eigenvalue weighted by Gasteiger charge is 2.47. The molecule has 0 radical (unpaired) electrons. The van der Waals surface area contributed by atoms with Crippen LogP contribution in [0.15, 0.2) is 168 Å². The molecule has 0 saturated heterocycles. The van der Waals surface area contributed by atoms with Crippen LogP contribution < -0.4 is 19.5 Å². The van der Waals surface area contributed by atoms with E-state index in [0.717, 1.165) is 98.7 Å². The lowest BCUT2D eigenvalue weighted by molar-refractivity contribution is -0.438. The maximum absolute atomic E-state index is 14.4. The highest BCUT2D eigenvalue weighted by molar-refractivity contribution is 6.24. The summed E-state index contributed by atoms with van der Waals surface area (Å²) in [5.74, 6) is 1.53. The Morgan fingerprint density at radius 1 is 0.506 bits per heavy atom. The summed E-state index contributed by atoms with van der Waals surface area (Å²) < 4.78 is 14.9. The topological polar surface area (TPSA) is 64.8 Å². The normalized spacial score (nSPS) is 16.8. The number of benzene rings is 6. The third-order valence-electron chi connectivity index (χ3n) is 19.8. The number of aryl methyl sites for hydroxylation is 2. The number of unbranched alkanes of at least 4 members (excludes halogenated alkanes) is 16. The first-order chi connectivity index (χ1) is 42.3. The molecule has 0 fully saturated rings. The predicted molar refractivity (Wildman–Crippen MR) is 362 cm³/mol. The van der Waals surface area contributed by atoms with Gasteiger partial charge < -0.3 is 19.5 Å². The van der Waals surface area contributed by atoms with E-state index in [1.807, 2.05) is 42.5 Å². The lowest BCUT2D eigenvalue weighted by Crippen LogP contribution is -2.35. The van der Waals surface area contributed by atoms with Crippen molar-refractivity contribution in [3.8, 4) is 33.8 Å². The van der Waals surface area contributed by atoms with Crippen LogP contribution in [0.5, 0.6) is 11.5 Å². The molecule has 0 atom stereocenters. The number of Topliss-reactive ketones (excluding diaryl/α,β-unsaturated/α-hetero) is 1. The Morgan fingerprint density at radius 3 is 1.79 bits per heavy atom. The standard InChI is InChI=1S/C81H100N2O4/c1-9-11-13-15-17-30-46-81(47-31-18-16-14-12-10-2)71-54-59(3)42-44-65(71)66-45-43-61(56-72(66)81)62-52-60(4)53-64(55-62)87-51-35-22-20-33-49-83-74-41-29-27-39-70(74)80(7,8)76(83)58-68-77(84)67(78(68)85)57-75-79(5,6)69-38-26-28-40-73(69)82(75)48-32-19-21-34-50-86-63-36-24-23-25-37-63/h23-29,36-45,52-58H,9-22,30-35,46-51H2,1-8H3. The highest BCUT2D eigenvalue weighted by Crippen LogP contribution is 2.56. The molecule has 6 nitrogen and oxygen atoms in total. The van der Waals surface area contributed by atoms with Crippen molar-refractivity contribution in [2.24, 2.45) is 0 Å². The largest absolute Gasteiger partial charge is 0.871 e. The van der Waals surface area contributed by atoms with Crippen LogP contribution in [0, 0.1) is 13.8 Å². The summed E-state index contributed by atoms with van der Waals surface area (Å²) >= 11 is 0. The summed E-state index contributed by atoms with van der Waals surface area (Å²) in [4.78, 5) is 16.7. The SMILES string of the molecule is CCCCCCCCC1(CCCCCCCC)c2cc(C)ccc2-c2ccc(-c3cc(C)cc(OCCCCCC[N+]4=C(/C=C5/C(=O)C(/C=C6/N(CCCCCCOc7ccccc7)c7ccccc7C6(C)C)=C5[O-])C(C)(C)c5ccccc54)c3)cc21. The van der Waals surface area contributed by atoms with Crippen LogP contribution in [0.3, 0.4) is 0 Å². The number of carbonyl (C=O) groups is 1. The van der Waals surface area contributed by atoms with Crippen LogP contribution in [0.25, 0.3) is 22.3 Å². The van der Waals surface area contributed by atoms with E-state index in [-0.39, 0.29) is 38.9 Å². The molecule has 4 aliphatic rings. The fourth-order valence-electron chi connectivity index (χ4n) is 14.9. The summed E-state index contributed by atoms with van der Waals surface area (Å²) in [5.41, 5.74) is 17.7. The number of ketones is 1. The molecule has 0 unspecified atom stereocenters. The highest BCUT2D eigenvalue weighted by atomic mass is 16.5. The minimum Gasteiger partial charge on any atom is -0.871 e. The van der Waals surface area contributed by atoms with E-state index in [1.165, 1.54) is 134 Å². The van der Waals surface area contributed by atoms with Crippen LogP contribution in [0.1, 0.15) is 216 Å². The van der Waals surface area contributed by atoms with Crippen molar-refractivity contribution in [1.82, 2.24) is 0 Å². The molecule has 6 aromatic rings. The third kappa shape index (κ3) is 14.0. The first-order valence-electron chi connectivity index (χ1n) is 34.0. The van der Waals surface area contributed by atoms with Gasteiger partial charge in [0.1, 0.15) is 18.0 Å². The average molecular weight is 1170 g/mol. The number of allylic oxidation sites excluding steroid dienone is 5. The van der Waals surface area contributed by atoms with Gasteiger partial charge in [-0.05, 0) is 160 Å². The van der Waals surface area contributed by atoms with Gasteiger partial charge in [0.15, 0.2) is 11.5 Å². The van der Waals surface area contributed by atoms with E-state index < -0.39 is 0 Å². The molecule has 0 bridgehead atoms. The zero-order valence-electron chi connectivity index (χ0n) is 54.3. The number of fused-ring (bicyclic) bond motifs is 5. The first-order valence-corrected chi connectivity index (χ1v) is 34.0. The zero-order chi connectivity index (χ0) is 61.0. The van der Waals surface area contributed by atoms with Crippen LogP contribution in [-0.4, -0.2) is 42.4 Å². The van der Waals surface area contributed by atoms with Crippen molar-refractivity contribution in [2.45, 2.75) is 213 Å². The maximum atomic E-state index is 14.4. The Hall–Kier alpha value is -6.92. The molecule has 2 aliphatic heterocycles. The van der Waals surface area contributed by atoms with Crippen LogP contribution in [0.2, 0.25) is 0 Å². The number of para-hydroxylation sites is 3. The molecule has 6 aromatic carbocycles. The van der Waals surface area contributed by atoms with Gasteiger partial charge in [0.05, 0.1) is 18.6 Å². The van der Waals surface area contributed by atoms with Gasteiger partial charge in [-0.3, -0.25) is 4.79 Å². The molecular formula is C81H100N2O4. The molecule has 2 aliphatic carbocycles. The number of hydrogen-bond acceptors (Lipinski definition) is 5. The molecule has 10 rings (SSSR count). The van der Waals surface area contributed by atoms with Gasteiger partial charge in [0.25, 0.3) is 0 Å². The van der Waals surface area contributed by atoms with Gasteiger partial charge in [-0.2, -0.15) is 4.58 Å². The second-order valence-corrected chi connectivity index (χ2v) is 26.9. The van der Waals surface area contributed by atoms with Crippen molar-refractivity contribution in [2.75, 3.05) is 31.2 Å². The molecule has 0 saturated carbocycles. The Kier molecular flexibility index (Phi) is 21.0. The number of rotatable bonds is 33. The third-order valence-corrected chi connectivity index (χ3v) is 19.8. The van der Waals surface area contributed by atoms with E-state index in [0.29, 0.717) is 13.2 Å². The molecular weight excluding hydrogens is 1060 g/mol. The van der Waals surface area contributed by atoms with Gasteiger partial charge in [-0.25, -0.2) is 0 Å². The quantitative estimate of drug-likeness (QED) is 0.0233. The van der Waals surface area contributed by atoms with Gasteiger partial charge in [-0.15, -0.1) is 0 Å². The fraction of sp³-hybridized carbons (Fsp3) is 0.457. The molecule has 2 heterocycles.